The van der Waals surface area contributed by atoms with Crippen molar-refractivity contribution in [2.45, 2.75) is 25.8 Å². The summed E-state index contributed by atoms with van der Waals surface area (Å²) in [6.45, 7) is 2.55. The van der Waals surface area contributed by atoms with E-state index in [2.05, 4.69) is 10.6 Å². The molecule has 2 aromatic carbocycles. The molecule has 130 valence electrons. The van der Waals surface area contributed by atoms with E-state index in [1.54, 1.807) is 29.2 Å². The van der Waals surface area contributed by atoms with E-state index in [0.29, 0.717) is 23.7 Å². The molecule has 0 unspecified atom stereocenters. The summed E-state index contributed by atoms with van der Waals surface area (Å²) in [5, 5.41) is 6.24. The maximum atomic E-state index is 12.6. The largest absolute Gasteiger partial charge is 0.324 e. The van der Waals surface area contributed by atoms with Gasteiger partial charge in [0.1, 0.15) is 6.04 Å². The van der Waals surface area contributed by atoms with E-state index in [1.807, 2.05) is 31.2 Å². The molecule has 2 aromatic rings. The zero-order valence-corrected chi connectivity index (χ0v) is 14.7. The maximum Gasteiger partial charge on any atom is 0.322 e. The first-order chi connectivity index (χ1) is 12.0. The second-order valence-electron chi connectivity index (χ2n) is 6.15. The molecule has 0 bridgehead atoms. The zero-order chi connectivity index (χ0) is 17.8. The minimum absolute atomic E-state index is 0.196. The number of carbonyl (C=O) groups is 2. The van der Waals surface area contributed by atoms with E-state index in [1.165, 1.54) is 0 Å². The predicted octanol–water partition coefficient (Wildman–Crippen LogP) is 4.28. The van der Waals surface area contributed by atoms with Crippen LogP contribution in [0.5, 0.6) is 0 Å². The molecular weight excluding hydrogens is 338 g/mol. The van der Waals surface area contributed by atoms with Gasteiger partial charge in [-0.2, -0.15) is 0 Å². The Kier molecular flexibility index (Phi) is 5.24. The number of hydrogen-bond acceptors (Lipinski definition) is 2. The number of aryl methyl sites for hydroxylation is 1. The number of carbonyl (C=O) groups excluding carboxylic acids is 2. The van der Waals surface area contributed by atoms with Crippen molar-refractivity contribution in [1.82, 2.24) is 4.90 Å². The van der Waals surface area contributed by atoms with Crippen molar-refractivity contribution in [2.24, 2.45) is 0 Å². The molecule has 3 amide bonds. The Morgan fingerprint density at radius 2 is 1.84 bits per heavy atom. The van der Waals surface area contributed by atoms with E-state index in [-0.39, 0.29) is 11.9 Å². The van der Waals surface area contributed by atoms with Gasteiger partial charge in [0.25, 0.3) is 0 Å². The number of halogens is 1. The minimum atomic E-state index is -0.482. The van der Waals surface area contributed by atoms with Gasteiger partial charge in [-0.05, 0) is 50.1 Å². The first-order valence-electron chi connectivity index (χ1n) is 8.23. The fraction of sp³-hybridized carbons (Fsp3) is 0.263. The third kappa shape index (κ3) is 4.31. The summed E-state index contributed by atoms with van der Waals surface area (Å²) in [6, 6.07) is 13.8. The quantitative estimate of drug-likeness (QED) is 0.861. The molecule has 2 N–H and O–H groups in total. The van der Waals surface area contributed by atoms with Crippen molar-refractivity contribution in [2.75, 3.05) is 17.2 Å². The molecule has 5 nitrogen and oxygen atoms in total. The summed E-state index contributed by atoms with van der Waals surface area (Å²) in [5.74, 6) is -0.196. The number of amides is 3. The standard InChI is InChI=1S/C19H20ClN3O2/c1-13-7-9-15(10-8-13)22-19(25)23-11-3-6-17(23)18(24)21-16-5-2-4-14(20)12-16/h2,4-5,7-10,12,17H,3,6,11H2,1H3,(H,21,24)(H,22,25)/t17-/m0/s1. The number of hydrogen-bond donors (Lipinski definition) is 2. The fourth-order valence-corrected chi connectivity index (χ4v) is 3.10. The Bertz CT molecular complexity index is 776. The molecule has 0 saturated carbocycles. The summed E-state index contributed by atoms with van der Waals surface area (Å²) in [6.07, 6.45) is 1.45. The molecule has 3 rings (SSSR count). The molecule has 1 aliphatic rings. The molecule has 1 atom stereocenters. The highest BCUT2D eigenvalue weighted by Gasteiger charge is 2.34. The van der Waals surface area contributed by atoms with Crippen LogP contribution in [0.2, 0.25) is 5.02 Å². The van der Waals surface area contributed by atoms with Gasteiger partial charge < -0.3 is 15.5 Å². The van der Waals surface area contributed by atoms with Crippen LogP contribution in [-0.4, -0.2) is 29.4 Å². The van der Waals surface area contributed by atoms with Gasteiger partial charge in [-0.3, -0.25) is 4.79 Å². The third-order valence-electron chi connectivity index (χ3n) is 4.21. The van der Waals surface area contributed by atoms with Gasteiger partial charge in [-0.1, -0.05) is 35.4 Å². The van der Waals surface area contributed by atoms with Gasteiger partial charge >= 0.3 is 6.03 Å². The van der Waals surface area contributed by atoms with Crippen LogP contribution in [0.3, 0.4) is 0 Å². The van der Waals surface area contributed by atoms with Crippen molar-refractivity contribution in [3.05, 3.63) is 59.1 Å². The lowest BCUT2D eigenvalue weighted by Gasteiger charge is -2.24. The van der Waals surface area contributed by atoms with Crippen LogP contribution in [0.1, 0.15) is 18.4 Å². The molecule has 0 aliphatic carbocycles. The van der Waals surface area contributed by atoms with Crippen molar-refractivity contribution in [3.8, 4) is 0 Å². The number of likely N-dealkylation sites (tertiary alicyclic amines) is 1. The smallest absolute Gasteiger partial charge is 0.322 e. The normalized spacial score (nSPS) is 16.6. The van der Waals surface area contributed by atoms with E-state index in [0.717, 1.165) is 17.7 Å². The molecular formula is C19H20ClN3O2. The van der Waals surface area contributed by atoms with Crippen molar-refractivity contribution in [1.29, 1.82) is 0 Å². The highest BCUT2D eigenvalue weighted by molar-refractivity contribution is 6.30. The highest BCUT2D eigenvalue weighted by atomic mass is 35.5. The van der Waals surface area contributed by atoms with Crippen molar-refractivity contribution < 1.29 is 9.59 Å². The SMILES string of the molecule is Cc1ccc(NC(=O)N2CCC[C@H]2C(=O)Nc2cccc(Cl)c2)cc1. The number of urea groups is 1. The van der Waals surface area contributed by atoms with Gasteiger partial charge in [0.05, 0.1) is 0 Å². The van der Waals surface area contributed by atoms with Crippen molar-refractivity contribution >= 4 is 34.9 Å². The number of benzene rings is 2. The molecule has 1 aliphatic heterocycles. The van der Waals surface area contributed by atoms with E-state index in [4.69, 9.17) is 11.6 Å². The van der Waals surface area contributed by atoms with Crippen LogP contribution in [0, 0.1) is 6.92 Å². The first-order valence-corrected chi connectivity index (χ1v) is 8.61. The van der Waals surface area contributed by atoms with Crippen LogP contribution in [0.25, 0.3) is 0 Å². The van der Waals surface area contributed by atoms with E-state index >= 15 is 0 Å². The molecule has 1 fully saturated rings. The predicted molar refractivity (Wildman–Crippen MR) is 100 cm³/mol. The van der Waals surface area contributed by atoms with Crippen LogP contribution in [0.4, 0.5) is 16.2 Å². The Morgan fingerprint density at radius 1 is 1.08 bits per heavy atom. The van der Waals surface area contributed by atoms with E-state index < -0.39 is 6.04 Å². The number of rotatable bonds is 3. The van der Waals surface area contributed by atoms with Gasteiger partial charge in [0.15, 0.2) is 0 Å². The molecule has 0 aromatic heterocycles. The molecule has 6 heteroatoms. The lowest BCUT2D eigenvalue weighted by atomic mass is 10.2. The first kappa shape index (κ1) is 17.3. The summed E-state index contributed by atoms with van der Waals surface area (Å²) in [7, 11) is 0. The molecule has 25 heavy (non-hydrogen) atoms. The average Bonchev–Trinajstić information content (AvgIpc) is 3.07. The second kappa shape index (κ2) is 7.57. The van der Waals surface area contributed by atoms with Gasteiger partial charge in [0.2, 0.25) is 5.91 Å². The minimum Gasteiger partial charge on any atom is -0.324 e. The number of nitrogens with zero attached hydrogens (tertiary/aromatic N) is 1. The molecule has 1 heterocycles. The van der Waals surface area contributed by atoms with Gasteiger partial charge in [-0.25, -0.2) is 4.79 Å². The lowest BCUT2D eigenvalue weighted by Crippen LogP contribution is -2.45. The number of nitrogens with one attached hydrogen (secondary N) is 2. The van der Waals surface area contributed by atoms with Gasteiger partial charge in [-0.15, -0.1) is 0 Å². The Labute approximate surface area is 152 Å². The molecule has 1 saturated heterocycles. The summed E-state index contributed by atoms with van der Waals surface area (Å²) in [4.78, 5) is 26.7. The highest BCUT2D eigenvalue weighted by Crippen LogP contribution is 2.22. The lowest BCUT2D eigenvalue weighted by molar-refractivity contribution is -0.119. The van der Waals surface area contributed by atoms with Crippen LogP contribution in [-0.2, 0) is 4.79 Å². The Balaban J connectivity index is 1.65. The van der Waals surface area contributed by atoms with Crippen LogP contribution >= 0.6 is 11.6 Å². The summed E-state index contributed by atoms with van der Waals surface area (Å²) in [5.41, 5.74) is 2.47. The molecule has 0 radical (unpaired) electrons. The third-order valence-corrected chi connectivity index (χ3v) is 4.45. The average molecular weight is 358 g/mol. The monoisotopic (exact) mass is 357 g/mol. The fourth-order valence-electron chi connectivity index (χ4n) is 2.91. The topological polar surface area (TPSA) is 61.4 Å². The Hall–Kier alpha value is -2.53. The number of anilines is 2. The maximum absolute atomic E-state index is 12.6. The molecule has 0 spiro atoms. The van der Waals surface area contributed by atoms with Crippen molar-refractivity contribution in [3.63, 3.8) is 0 Å². The summed E-state index contributed by atoms with van der Waals surface area (Å²) < 4.78 is 0. The summed E-state index contributed by atoms with van der Waals surface area (Å²) >= 11 is 5.94. The van der Waals surface area contributed by atoms with E-state index in [9.17, 15) is 9.59 Å². The van der Waals surface area contributed by atoms with Crippen LogP contribution < -0.4 is 10.6 Å². The van der Waals surface area contributed by atoms with Gasteiger partial charge in [0, 0.05) is 22.9 Å². The Morgan fingerprint density at radius 3 is 2.56 bits per heavy atom. The second-order valence-corrected chi connectivity index (χ2v) is 6.58. The van der Waals surface area contributed by atoms with Crippen LogP contribution in [0.15, 0.2) is 48.5 Å². The zero-order valence-electron chi connectivity index (χ0n) is 14.0.